The second kappa shape index (κ2) is 8.72. The van der Waals surface area contributed by atoms with Gasteiger partial charge in [-0.25, -0.2) is 0 Å². The highest BCUT2D eigenvalue weighted by molar-refractivity contribution is 6.18. The molecule has 0 unspecified atom stereocenters. The quantitative estimate of drug-likeness (QED) is 0.494. The molecule has 100 valence electrons. The average molecular weight is 264 g/mol. The zero-order valence-corrected chi connectivity index (χ0v) is 11.2. The molecule has 0 aromatic carbocycles. The molecule has 0 spiro atoms. The number of nitrogens with zero attached hydrogens (tertiary/aromatic N) is 1. The monoisotopic (exact) mass is 263 g/mol. The van der Waals surface area contributed by atoms with Gasteiger partial charge in [-0.2, -0.15) is 0 Å². The summed E-state index contributed by atoms with van der Waals surface area (Å²) in [7, 11) is 1.61. The lowest BCUT2D eigenvalue weighted by Crippen LogP contribution is -2.42. The first-order valence-corrected chi connectivity index (χ1v) is 6.75. The van der Waals surface area contributed by atoms with E-state index in [0.717, 1.165) is 12.8 Å². The van der Waals surface area contributed by atoms with Crippen LogP contribution in [-0.2, 0) is 14.3 Å². The molecule has 0 aliphatic heterocycles. The Morgan fingerprint density at radius 2 is 2.06 bits per heavy atom. The van der Waals surface area contributed by atoms with Crippen molar-refractivity contribution in [1.82, 2.24) is 4.90 Å². The van der Waals surface area contributed by atoms with Gasteiger partial charge in [0.15, 0.2) is 0 Å². The summed E-state index contributed by atoms with van der Waals surface area (Å²) >= 11 is 5.75. The van der Waals surface area contributed by atoms with Crippen molar-refractivity contribution in [3.8, 4) is 0 Å². The van der Waals surface area contributed by atoms with E-state index in [1.807, 2.05) is 4.90 Å². The number of carbonyl (C=O) groups is 1. The molecular formula is C12H22ClNO3. The number of hydrogen-bond donors (Lipinski definition) is 0. The molecule has 0 heterocycles. The van der Waals surface area contributed by atoms with Gasteiger partial charge in [-0.15, -0.1) is 11.6 Å². The maximum Gasteiger partial charge on any atom is 0.248 e. The van der Waals surface area contributed by atoms with Gasteiger partial charge in [0, 0.05) is 25.6 Å². The number of halogens is 1. The molecule has 1 fully saturated rings. The second-order valence-electron chi connectivity index (χ2n) is 4.26. The maximum absolute atomic E-state index is 12.0. The van der Waals surface area contributed by atoms with Crippen LogP contribution in [0.4, 0.5) is 0 Å². The Kier molecular flexibility index (Phi) is 7.56. The fourth-order valence-electron chi connectivity index (χ4n) is 2.20. The zero-order chi connectivity index (χ0) is 12.5. The molecule has 17 heavy (non-hydrogen) atoms. The van der Waals surface area contributed by atoms with E-state index in [1.54, 1.807) is 7.11 Å². The lowest BCUT2D eigenvalue weighted by Gasteiger charge is -2.28. The molecule has 0 aromatic rings. The van der Waals surface area contributed by atoms with Crippen LogP contribution < -0.4 is 0 Å². The molecule has 1 saturated carbocycles. The van der Waals surface area contributed by atoms with Crippen LogP contribution in [0.5, 0.6) is 0 Å². The van der Waals surface area contributed by atoms with Gasteiger partial charge in [-0.3, -0.25) is 4.79 Å². The summed E-state index contributed by atoms with van der Waals surface area (Å²) in [4.78, 5) is 13.9. The summed E-state index contributed by atoms with van der Waals surface area (Å²) in [5.41, 5.74) is 0. The highest BCUT2D eigenvalue weighted by Gasteiger charge is 2.25. The number of carbonyl (C=O) groups excluding carboxylic acids is 1. The number of methoxy groups -OCH3 is 1. The molecule has 1 amide bonds. The number of rotatable bonds is 8. The Morgan fingerprint density at radius 3 is 2.65 bits per heavy atom. The van der Waals surface area contributed by atoms with Crippen molar-refractivity contribution >= 4 is 17.5 Å². The predicted octanol–water partition coefficient (Wildman–Crippen LogP) is 1.66. The van der Waals surface area contributed by atoms with Crippen LogP contribution in [0.3, 0.4) is 0 Å². The van der Waals surface area contributed by atoms with E-state index in [9.17, 15) is 4.79 Å². The Morgan fingerprint density at radius 1 is 1.35 bits per heavy atom. The van der Waals surface area contributed by atoms with Crippen molar-refractivity contribution < 1.29 is 14.3 Å². The van der Waals surface area contributed by atoms with Crippen LogP contribution in [-0.4, -0.2) is 56.2 Å². The molecule has 0 atom stereocenters. The third-order valence-electron chi connectivity index (χ3n) is 3.07. The van der Waals surface area contributed by atoms with Gasteiger partial charge in [0.1, 0.15) is 6.61 Å². The van der Waals surface area contributed by atoms with Crippen LogP contribution >= 0.6 is 11.6 Å². The minimum Gasteiger partial charge on any atom is -0.382 e. The Hall–Kier alpha value is -0.320. The number of amides is 1. The lowest BCUT2D eigenvalue weighted by atomic mass is 10.2. The number of hydrogen-bond acceptors (Lipinski definition) is 3. The third-order valence-corrected chi connectivity index (χ3v) is 3.24. The molecule has 5 heteroatoms. The van der Waals surface area contributed by atoms with Gasteiger partial charge < -0.3 is 14.4 Å². The van der Waals surface area contributed by atoms with Crippen molar-refractivity contribution in [2.75, 3.05) is 39.4 Å². The Bertz CT molecular complexity index is 220. The van der Waals surface area contributed by atoms with E-state index in [4.69, 9.17) is 21.1 Å². The van der Waals surface area contributed by atoms with Crippen molar-refractivity contribution in [3.05, 3.63) is 0 Å². The molecule has 0 N–H and O–H groups in total. The van der Waals surface area contributed by atoms with Crippen molar-refractivity contribution in [3.63, 3.8) is 0 Å². The fourth-order valence-corrected chi connectivity index (χ4v) is 2.38. The number of ether oxygens (including phenoxy) is 2. The highest BCUT2D eigenvalue weighted by atomic mass is 35.5. The summed E-state index contributed by atoms with van der Waals surface area (Å²) in [5, 5.41) is 0. The van der Waals surface area contributed by atoms with E-state index >= 15 is 0 Å². The van der Waals surface area contributed by atoms with Gasteiger partial charge in [-0.05, 0) is 12.8 Å². The first kappa shape index (κ1) is 14.7. The predicted molar refractivity (Wildman–Crippen MR) is 67.4 cm³/mol. The van der Waals surface area contributed by atoms with Gasteiger partial charge in [0.05, 0.1) is 13.2 Å². The molecule has 0 bridgehead atoms. The Balaban J connectivity index is 2.32. The largest absolute Gasteiger partial charge is 0.382 e. The van der Waals surface area contributed by atoms with Crippen LogP contribution in [0, 0.1) is 0 Å². The Labute approximate surface area is 108 Å². The van der Waals surface area contributed by atoms with Crippen LogP contribution in [0.15, 0.2) is 0 Å². The lowest BCUT2D eigenvalue weighted by molar-refractivity contribution is -0.138. The summed E-state index contributed by atoms with van der Waals surface area (Å²) in [5.74, 6) is 0.536. The van der Waals surface area contributed by atoms with E-state index in [0.29, 0.717) is 31.7 Å². The molecule has 4 nitrogen and oxygen atoms in total. The van der Waals surface area contributed by atoms with E-state index in [1.165, 1.54) is 12.8 Å². The summed E-state index contributed by atoms with van der Waals surface area (Å²) < 4.78 is 10.1. The van der Waals surface area contributed by atoms with Crippen LogP contribution in [0.2, 0.25) is 0 Å². The van der Waals surface area contributed by atoms with Gasteiger partial charge in [-0.1, -0.05) is 12.8 Å². The average Bonchev–Trinajstić information content (AvgIpc) is 2.85. The summed E-state index contributed by atoms with van der Waals surface area (Å²) in [6.07, 6.45) is 4.62. The van der Waals surface area contributed by atoms with Gasteiger partial charge >= 0.3 is 0 Å². The SMILES string of the molecule is COCCOCC(=O)N(CCCl)C1CCCC1. The highest BCUT2D eigenvalue weighted by Crippen LogP contribution is 2.23. The molecule has 1 aliphatic rings. The summed E-state index contributed by atoms with van der Waals surface area (Å²) in [6.45, 7) is 1.74. The first-order chi connectivity index (χ1) is 8.29. The number of alkyl halides is 1. The minimum atomic E-state index is 0.0497. The van der Waals surface area contributed by atoms with Crippen molar-refractivity contribution in [2.45, 2.75) is 31.7 Å². The van der Waals surface area contributed by atoms with Crippen LogP contribution in [0.25, 0.3) is 0 Å². The van der Waals surface area contributed by atoms with Crippen LogP contribution in [0.1, 0.15) is 25.7 Å². The smallest absolute Gasteiger partial charge is 0.248 e. The van der Waals surface area contributed by atoms with Crippen molar-refractivity contribution in [2.24, 2.45) is 0 Å². The standard InChI is InChI=1S/C12H22ClNO3/c1-16-8-9-17-10-12(15)14(7-6-13)11-4-2-3-5-11/h11H,2-10H2,1H3. The molecule has 0 aromatic heterocycles. The normalized spacial score (nSPS) is 16.4. The summed E-state index contributed by atoms with van der Waals surface area (Å²) in [6, 6.07) is 0.368. The van der Waals surface area contributed by atoms with E-state index < -0.39 is 0 Å². The third kappa shape index (κ3) is 5.23. The minimum absolute atomic E-state index is 0.0497. The first-order valence-electron chi connectivity index (χ1n) is 6.21. The molecule has 1 rings (SSSR count). The fraction of sp³-hybridized carbons (Fsp3) is 0.917. The maximum atomic E-state index is 12.0. The molecular weight excluding hydrogens is 242 g/mol. The van der Waals surface area contributed by atoms with E-state index in [2.05, 4.69) is 0 Å². The zero-order valence-electron chi connectivity index (χ0n) is 10.5. The second-order valence-corrected chi connectivity index (χ2v) is 4.64. The topological polar surface area (TPSA) is 38.8 Å². The molecule has 0 saturated heterocycles. The van der Waals surface area contributed by atoms with E-state index in [-0.39, 0.29) is 12.5 Å². The van der Waals surface area contributed by atoms with Gasteiger partial charge in [0.25, 0.3) is 0 Å². The molecule has 0 radical (unpaired) electrons. The molecule has 1 aliphatic carbocycles. The van der Waals surface area contributed by atoms with Crippen molar-refractivity contribution in [1.29, 1.82) is 0 Å². The van der Waals surface area contributed by atoms with Gasteiger partial charge in [0.2, 0.25) is 5.91 Å².